The van der Waals surface area contributed by atoms with Crippen molar-refractivity contribution < 1.29 is 34.8 Å². The van der Waals surface area contributed by atoms with Crippen LogP contribution in [0.5, 0.6) is 0 Å². The summed E-state index contributed by atoms with van der Waals surface area (Å²) in [5, 5.41) is 45.2. The topological polar surface area (TPSA) is 143 Å². The second-order valence-corrected chi connectivity index (χ2v) is 4.60. The van der Waals surface area contributed by atoms with Crippen molar-refractivity contribution >= 4 is 5.69 Å². The zero-order chi connectivity index (χ0) is 18.0. The third kappa shape index (κ3) is 7.98. The van der Waals surface area contributed by atoms with Crippen LogP contribution in [0.4, 0.5) is 5.69 Å². The highest BCUT2D eigenvalue weighted by Crippen LogP contribution is 2.15. The van der Waals surface area contributed by atoms with Crippen LogP contribution in [0.25, 0.3) is 0 Å². The Morgan fingerprint density at radius 2 is 1.65 bits per heavy atom. The normalized spacial score (nSPS) is 14.6. The van der Waals surface area contributed by atoms with E-state index in [9.17, 15) is 25.4 Å². The largest absolute Gasteiger partial charge is 0.400 e. The van der Waals surface area contributed by atoms with E-state index in [0.717, 1.165) is 7.11 Å². The van der Waals surface area contributed by atoms with E-state index in [0.29, 0.717) is 5.56 Å². The number of aliphatic hydroxyl groups is 4. The number of hydrogen-bond donors (Lipinski definition) is 4. The number of hydrogen-bond acceptors (Lipinski definition) is 8. The average molecular weight is 333 g/mol. The van der Waals surface area contributed by atoms with Crippen molar-refractivity contribution in [2.75, 3.05) is 7.11 Å². The Bertz CT molecular complexity index is 449. The fourth-order valence-corrected chi connectivity index (χ4v) is 1.41. The van der Waals surface area contributed by atoms with Gasteiger partial charge in [-0.3, -0.25) is 10.1 Å². The molecule has 0 bridgehead atoms. The van der Waals surface area contributed by atoms with Gasteiger partial charge in [-0.25, -0.2) is 0 Å². The summed E-state index contributed by atoms with van der Waals surface area (Å²) in [5.41, 5.74) is 0.566. The van der Waals surface area contributed by atoms with Gasteiger partial charge in [0.1, 0.15) is 0 Å². The Morgan fingerprint density at radius 1 is 1.13 bits per heavy atom. The maximum absolute atomic E-state index is 10.5. The molecule has 0 spiro atoms. The summed E-state index contributed by atoms with van der Waals surface area (Å²) < 4.78 is 10.4. The molecule has 4 N–H and O–H groups in total. The third-order valence-electron chi connectivity index (χ3n) is 2.83. The minimum absolute atomic E-state index is 0.0210. The minimum Gasteiger partial charge on any atom is -0.400 e. The SMILES string of the molecule is CC(O)C(C)OC(OCc1ccc([N+](=O)[O-])cc1)C(O)O.CO. The predicted molar refractivity (Wildman–Crippen MR) is 80.3 cm³/mol. The number of ether oxygens (including phenoxy) is 2. The van der Waals surface area contributed by atoms with Crippen LogP contribution in [-0.2, 0) is 16.1 Å². The van der Waals surface area contributed by atoms with Crippen LogP contribution in [0, 0.1) is 10.1 Å². The van der Waals surface area contributed by atoms with E-state index in [1.54, 1.807) is 6.92 Å². The molecular weight excluding hydrogens is 310 g/mol. The van der Waals surface area contributed by atoms with E-state index in [-0.39, 0.29) is 12.3 Å². The summed E-state index contributed by atoms with van der Waals surface area (Å²) >= 11 is 0. The molecule has 9 heteroatoms. The maximum atomic E-state index is 10.5. The second-order valence-electron chi connectivity index (χ2n) is 4.60. The highest BCUT2D eigenvalue weighted by atomic mass is 16.7. The molecule has 1 aromatic carbocycles. The lowest BCUT2D eigenvalue weighted by Gasteiger charge is -2.25. The first-order valence-corrected chi connectivity index (χ1v) is 6.80. The molecule has 3 atom stereocenters. The fourth-order valence-electron chi connectivity index (χ4n) is 1.41. The lowest BCUT2D eigenvalue weighted by Crippen LogP contribution is -2.37. The zero-order valence-corrected chi connectivity index (χ0v) is 13.2. The Morgan fingerprint density at radius 3 is 2.04 bits per heavy atom. The molecule has 9 nitrogen and oxygen atoms in total. The van der Waals surface area contributed by atoms with Gasteiger partial charge in [-0.2, -0.15) is 0 Å². The van der Waals surface area contributed by atoms with Crippen LogP contribution >= 0.6 is 0 Å². The molecule has 0 aliphatic rings. The van der Waals surface area contributed by atoms with Crippen molar-refractivity contribution in [3.8, 4) is 0 Å². The smallest absolute Gasteiger partial charge is 0.269 e. The molecule has 0 aromatic heterocycles. The first-order chi connectivity index (χ1) is 10.8. The van der Waals surface area contributed by atoms with E-state index in [1.165, 1.54) is 31.2 Å². The first-order valence-electron chi connectivity index (χ1n) is 6.80. The van der Waals surface area contributed by atoms with Crippen molar-refractivity contribution in [3.05, 3.63) is 39.9 Å². The molecule has 0 aliphatic carbocycles. The molecule has 132 valence electrons. The summed E-state index contributed by atoms with van der Waals surface area (Å²) in [6.07, 6.45) is -4.64. The number of nitro groups is 1. The molecule has 0 saturated heterocycles. The summed E-state index contributed by atoms with van der Waals surface area (Å²) in [4.78, 5) is 10.0. The molecule has 0 heterocycles. The number of rotatable bonds is 8. The number of aliphatic hydroxyl groups excluding tert-OH is 3. The highest BCUT2D eigenvalue weighted by Gasteiger charge is 2.23. The quantitative estimate of drug-likeness (QED) is 0.299. The molecule has 0 amide bonds. The van der Waals surface area contributed by atoms with Gasteiger partial charge in [0.05, 0.1) is 23.7 Å². The minimum atomic E-state index is -1.87. The standard InChI is InChI=1S/C13H19NO7.CH4O/c1-8(15)9(2)21-13(12(16)17)20-7-10-3-5-11(6-4-10)14(18)19;1-2/h3-6,8-9,12-13,15-17H,7H2,1-2H3;2H,1H3. The van der Waals surface area contributed by atoms with Crippen LogP contribution in [-0.4, -0.2) is 57.2 Å². The Labute approximate surface area is 133 Å². The molecule has 23 heavy (non-hydrogen) atoms. The molecular formula is C14H23NO8. The molecule has 0 saturated carbocycles. The van der Waals surface area contributed by atoms with E-state index < -0.39 is 29.7 Å². The van der Waals surface area contributed by atoms with Crippen molar-refractivity contribution in [2.45, 2.75) is 45.2 Å². The van der Waals surface area contributed by atoms with Gasteiger partial charge in [0.2, 0.25) is 12.6 Å². The van der Waals surface area contributed by atoms with Crippen LogP contribution < -0.4 is 0 Å². The lowest BCUT2D eigenvalue weighted by atomic mass is 10.2. The van der Waals surface area contributed by atoms with Gasteiger partial charge >= 0.3 is 0 Å². The lowest BCUT2D eigenvalue weighted by molar-refractivity contribution is -0.384. The number of nitrogens with zero attached hydrogens (tertiary/aromatic N) is 1. The third-order valence-corrected chi connectivity index (χ3v) is 2.83. The van der Waals surface area contributed by atoms with Gasteiger partial charge in [-0.15, -0.1) is 0 Å². The Balaban J connectivity index is 0.00000232. The molecule has 0 radical (unpaired) electrons. The fraction of sp³-hybridized carbons (Fsp3) is 0.571. The first kappa shape index (κ1) is 21.4. The molecule has 1 rings (SSSR count). The van der Waals surface area contributed by atoms with Crippen molar-refractivity contribution in [1.82, 2.24) is 0 Å². The van der Waals surface area contributed by atoms with Crippen molar-refractivity contribution in [1.29, 1.82) is 0 Å². The van der Waals surface area contributed by atoms with E-state index >= 15 is 0 Å². The van der Waals surface area contributed by atoms with Gasteiger partial charge < -0.3 is 29.9 Å². The average Bonchev–Trinajstić information content (AvgIpc) is 2.53. The summed E-state index contributed by atoms with van der Waals surface area (Å²) in [7, 11) is 1.00. The summed E-state index contributed by atoms with van der Waals surface area (Å²) in [6.45, 7) is 3.05. The number of non-ortho nitro benzene ring substituents is 1. The maximum Gasteiger partial charge on any atom is 0.269 e. The van der Waals surface area contributed by atoms with Gasteiger partial charge in [0.15, 0.2) is 0 Å². The van der Waals surface area contributed by atoms with Gasteiger partial charge in [0.25, 0.3) is 5.69 Å². The monoisotopic (exact) mass is 333 g/mol. The molecule has 3 unspecified atom stereocenters. The number of benzene rings is 1. The molecule has 0 fully saturated rings. The van der Waals surface area contributed by atoms with E-state index in [4.69, 9.17) is 14.6 Å². The number of nitro benzene ring substituents is 1. The summed E-state index contributed by atoms with van der Waals surface area (Å²) in [5.74, 6) is 0. The van der Waals surface area contributed by atoms with Crippen LogP contribution in [0.3, 0.4) is 0 Å². The molecule has 0 aliphatic heterocycles. The second kappa shape index (κ2) is 11.0. The van der Waals surface area contributed by atoms with Gasteiger partial charge in [0, 0.05) is 19.2 Å². The van der Waals surface area contributed by atoms with Crippen LogP contribution in [0.15, 0.2) is 24.3 Å². The van der Waals surface area contributed by atoms with Crippen LogP contribution in [0.1, 0.15) is 19.4 Å². The Hall–Kier alpha value is -1.62. The Kier molecular flexibility index (Phi) is 10.2. The zero-order valence-electron chi connectivity index (χ0n) is 13.2. The summed E-state index contributed by atoms with van der Waals surface area (Å²) in [6, 6.07) is 5.64. The highest BCUT2D eigenvalue weighted by molar-refractivity contribution is 5.32. The predicted octanol–water partition coefficient (Wildman–Crippen LogP) is 0.143. The molecule has 1 aromatic rings. The van der Waals surface area contributed by atoms with Gasteiger partial charge in [-0.1, -0.05) is 0 Å². The van der Waals surface area contributed by atoms with Crippen molar-refractivity contribution in [2.24, 2.45) is 0 Å². The van der Waals surface area contributed by atoms with E-state index in [2.05, 4.69) is 0 Å². The van der Waals surface area contributed by atoms with E-state index in [1.807, 2.05) is 0 Å². The van der Waals surface area contributed by atoms with Gasteiger partial charge in [-0.05, 0) is 31.5 Å². The van der Waals surface area contributed by atoms with Crippen LogP contribution in [0.2, 0.25) is 0 Å². The van der Waals surface area contributed by atoms with Crippen molar-refractivity contribution in [3.63, 3.8) is 0 Å².